The Bertz CT molecular complexity index is 364. The van der Waals surface area contributed by atoms with Crippen molar-refractivity contribution < 1.29 is 14.7 Å². The number of rotatable bonds is 5. The molecule has 2 rings (SSSR count). The van der Waals surface area contributed by atoms with Gasteiger partial charge in [-0.2, -0.15) is 0 Å². The molecule has 4 N–H and O–H groups in total. The van der Waals surface area contributed by atoms with Crippen LogP contribution in [0.5, 0.6) is 0 Å². The Hall–Kier alpha value is -1.10. The zero-order valence-corrected chi connectivity index (χ0v) is 12.1. The summed E-state index contributed by atoms with van der Waals surface area (Å²) in [4.78, 5) is 23.1. The summed E-state index contributed by atoms with van der Waals surface area (Å²) in [7, 11) is 0. The van der Waals surface area contributed by atoms with E-state index in [1.165, 1.54) is 6.42 Å². The minimum absolute atomic E-state index is 0.0227. The Balaban J connectivity index is 1.76. The van der Waals surface area contributed by atoms with Crippen LogP contribution in [0.4, 0.5) is 0 Å². The quantitative estimate of drug-likeness (QED) is 0.715. The molecule has 1 amide bonds. The van der Waals surface area contributed by atoms with E-state index >= 15 is 0 Å². The molecule has 0 saturated heterocycles. The summed E-state index contributed by atoms with van der Waals surface area (Å²) in [6.45, 7) is 0.478. The topological polar surface area (TPSA) is 92.4 Å². The van der Waals surface area contributed by atoms with Crippen LogP contribution in [0.25, 0.3) is 0 Å². The van der Waals surface area contributed by atoms with Crippen LogP contribution in [-0.2, 0) is 9.59 Å². The standard InChI is InChI=1S/C15H26N2O3/c16-15(7-2-1-3-8-15)9-13(18)17-10-11-5-4-6-12(11)14(19)20/h11-12H,1-10,16H2,(H,17,18)(H,19,20). The fourth-order valence-electron chi connectivity index (χ4n) is 3.67. The summed E-state index contributed by atoms with van der Waals surface area (Å²) in [5.74, 6) is -0.969. The predicted molar refractivity (Wildman–Crippen MR) is 76.1 cm³/mol. The molecule has 0 bridgehead atoms. The molecular formula is C15H26N2O3. The molecule has 0 aromatic heterocycles. The van der Waals surface area contributed by atoms with Gasteiger partial charge in [0.25, 0.3) is 0 Å². The van der Waals surface area contributed by atoms with E-state index in [9.17, 15) is 9.59 Å². The molecule has 0 aromatic carbocycles. The van der Waals surface area contributed by atoms with Crippen molar-refractivity contribution in [1.29, 1.82) is 0 Å². The highest BCUT2D eigenvalue weighted by Gasteiger charge is 2.34. The maximum Gasteiger partial charge on any atom is 0.306 e. The summed E-state index contributed by atoms with van der Waals surface area (Å²) in [6.07, 6.45) is 8.20. The normalized spacial score (nSPS) is 29.1. The Morgan fingerprint density at radius 1 is 1.15 bits per heavy atom. The second-order valence-corrected chi connectivity index (χ2v) is 6.54. The van der Waals surface area contributed by atoms with Gasteiger partial charge in [-0.25, -0.2) is 0 Å². The van der Waals surface area contributed by atoms with Gasteiger partial charge in [-0.15, -0.1) is 0 Å². The minimum Gasteiger partial charge on any atom is -0.481 e. The smallest absolute Gasteiger partial charge is 0.306 e. The number of carbonyl (C=O) groups excluding carboxylic acids is 1. The van der Waals surface area contributed by atoms with Crippen molar-refractivity contribution in [3.8, 4) is 0 Å². The monoisotopic (exact) mass is 282 g/mol. The lowest BCUT2D eigenvalue weighted by Crippen LogP contribution is -2.46. The molecular weight excluding hydrogens is 256 g/mol. The number of hydrogen-bond acceptors (Lipinski definition) is 3. The number of nitrogens with one attached hydrogen (secondary N) is 1. The van der Waals surface area contributed by atoms with Crippen LogP contribution < -0.4 is 11.1 Å². The van der Waals surface area contributed by atoms with E-state index < -0.39 is 5.97 Å². The molecule has 0 spiro atoms. The highest BCUT2D eigenvalue weighted by molar-refractivity contribution is 5.77. The van der Waals surface area contributed by atoms with Gasteiger partial charge in [-0.1, -0.05) is 25.7 Å². The van der Waals surface area contributed by atoms with E-state index in [0.717, 1.165) is 44.9 Å². The Morgan fingerprint density at radius 2 is 1.85 bits per heavy atom. The molecule has 114 valence electrons. The van der Waals surface area contributed by atoms with E-state index in [2.05, 4.69) is 5.32 Å². The molecule has 5 nitrogen and oxygen atoms in total. The van der Waals surface area contributed by atoms with Crippen molar-refractivity contribution in [3.05, 3.63) is 0 Å². The van der Waals surface area contributed by atoms with E-state index in [-0.39, 0.29) is 23.3 Å². The van der Waals surface area contributed by atoms with Crippen molar-refractivity contribution in [1.82, 2.24) is 5.32 Å². The van der Waals surface area contributed by atoms with Gasteiger partial charge in [-0.3, -0.25) is 9.59 Å². The molecule has 0 radical (unpaired) electrons. The number of nitrogens with two attached hydrogens (primary N) is 1. The van der Waals surface area contributed by atoms with Gasteiger partial charge in [0.05, 0.1) is 5.92 Å². The lowest BCUT2D eigenvalue weighted by Gasteiger charge is -2.33. The highest BCUT2D eigenvalue weighted by atomic mass is 16.4. The molecule has 5 heteroatoms. The molecule has 2 aliphatic carbocycles. The summed E-state index contributed by atoms with van der Waals surface area (Å²) in [5.41, 5.74) is 5.92. The first-order valence-corrected chi connectivity index (χ1v) is 7.79. The van der Waals surface area contributed by atoms with Gasteiger partial charge in [0.1, 0.15) is 0 Å². The molecule has 2 saturated carbocycles. The number of carbonyl (C=O) groups is 2. The third-order valence-corrected chi connectivity index (χ3v) is 4.90. The maximum atomic E-state index is 12.0. The van der Waals surface area contributed by atoms with Gasteiger partial charge < -0.3 is 16.2 Å². The predicted octanol–water partition coefficient (Wildman–Crippen LogP) is 1.66. The van der Waals surface area contributed by atoms with Gasteiger partial charge in [0, 0.05) is 18.5 Å². The zero-order chi connectivity index (χ0) is 14.6. The van der Waals surface area contributed by atoms with Crippen molar-refractivity contribution in [2.24, 2.45) is 17.6 Å². The van der Waals surface area contributed by atoms with Gasteiger partial charge in [0.15, 0.2) is 0 Å². The lowest BCUT2D eigenvalue weighted by molar-refractivity contribution is -0.143. The third-order valence-electron chi connectivity index (χ3n) is 4.90. The second-order valence-electron chi connectivity index (χ2n) is 6.54. The SMILES string of the molecule is NC1(CC(=O)NCC2CCCC2C(=O)O)CCCCC1. The van der Waals surface area contributed by atoms with Crippen molar-refractivity contribution in [2.75, 3.05) is 6.54 Å². The summed E-state index contributed by atoms with van der Waals surface area (Å²) in [6, 6.07) is 0. The van der Waals surface area contributed by atoms with Crippen molar-refractivity contribution >= 4 is 11.9 Å². The molecule has 0 aromatic rings. The van der Waals surface area contributed by atoms with E-state index in [0.29, 0.717) is 13.0 Å². The number of hydrogen-bond donors (Lipinski definition) is 3. The summed E-state index contributed by atoms with van der Waals surface area (Å²) < 4.78 is 0. The fraction of sp³-hybridized carbons (Fsp3) is 0.867. The molecule has 2 aliphatic rings. The number of carboxylic acid groups (broad SMARTS) is 1. The van der Waals surface area contributed by atoms with Crippen LogP contribution >= 0.6 is 0 Å². The molecule has 2 atom stereocenters. The zero-order valence-electron chi connectivity index (χ0n) is 12.1. The number of amides is 1. The highest BCUT2D eigenvalue weighted by Crippen LogP contribution is 2.32. The van der Waals surface area contributed by atoms with Gasteiger partial charge in [-0.05, 0) is 31.6 Å². The fourth-order valence-corrected chi connectivity index (χ4v) is 3.67. The lowest BCUT2D eigenvalue weighted by atomic mass is 9.80. The second kappa shape index (κ2) is 6.57. The average Bonchev–Trinajstić information content (AvgIpc) is 2.85. The molecule has 20 heavy (non-hydrogen) atoms. The molecule has 2 fully saturated rings. The third kappa shape index (κ3) is 3.95. The Labute approximate surface area is 120 Å². The van der Waals surface area contributed by atoms with Crippen LogP contribution in [0.15, 0.2) is 0 Å². The van der Waals surface area contributed by atoms with Crippen LogP contribution in [0.1, 0.15) is 57.8 Å². The molecule has 2 unspecified atom stereocenters. The first kappa shape index (κ1) is 15.3. The summed E-state index contributed by atoms with van der Waals surface area (Å²) in [5, 5.41) is 12.0. The first-order valence-electron chi connectivity index (χ1n) is 7.79. The van der Waals surface area contributed by atoms with Crippen LogP contribution in [-0.4, -0.2) is 29.1 Å². The van der Waals surface area contributed by atoms with E-state index in [1.807, 2.05) is 0 Å². The molecule has 0 heterocycles. The Morgan fingerprint density at radius 3 is 2.50 bits per heavy atom. The Kier molecular flexibility index (Phi) is 5.02. The number of carboxylic acids is 1. The first-order chi connectivity index (χ1) is 9.50. The van der Waals surface area contributed by atoms with E-state index in [1.54, 1.807) is 0 Å². The molecule has 0 aliphatic heterocycles. The maximum absolute atomic E-state index is 12.0. The van der Waals surface area contributed by atoms with E-state index in [4.69, 9.17) is 10.8 Å². The number of aliphatic carboxylic acids is 1. The van der Waals surface area contributed by atoms with Crippen LogP contribution in [0.3, 0.4) is 0 Å². The summed E-state index contributed by atoms with van der Waals surface area (Å²) >= 11 is 0. The average molecular weight is 282 g/mol. The van der Waals surface area contributed by atoms with Gasteiger partial charge >= 0.3 is 5.97 Å². The van der Waals surface area contributed by atoms with Gasteiger partial charge in [0.2, 0.25) is 5.91 Å². The van der Waals surface area contributed by atoms with Crippen LogP contribution in [0.2, 0.25) is 0 Å². The van der Waals surface area contributed by atoms with Crippen LogP contribution in [0, 0.1) is 11.8 Å². The van der Waals surface area contributed by atoms with Crippen molar-refractivity contribution in [2.45, 2.75) is 63.3 Å². The van der Waals surface area contributed by atoms with Crippen molar-refractivity contribution in [3.63, 3.8) is 0 Å². The largest absolute Gasteiger partial charge is 0.481 e. The minimum atomic E-state index is -0.732.